The summed E-state index contributed by atoms with van der Waals surface area (Å²) in [5.74, 6) is 0.294. The third kappa shape index (κ3) is 35.5. The summed E-state index contributed by atoms with van der Waals surface area (Å²) < 4.78 is 0. The molecule has 0 heterocycles. The molecule has 0 N–H and O–H groups in total. The maximum atomic E-state index is 11.6. The number of aldehydes is 1. The second kappa shape index (κ2) is 39.8. The lowest BCUT2D eigenvalue weighted by molar-refractivity contribution is -0.111. The van der Waals surface area contributed by atoms with Gasteiger partial charge in [0, 0.05) is 5.92 Å². The predicted molar refractivity (Wildman–Crippen MR) is 210 cm³/mol. The fourth-order valence-corrected chi connectivity index (χ4v) is 6.41. The van der Waals surface area contributed by atoms with Gasteiger partial charge in [0.25, 0.3) is 0 Å². The third-order valence-corrected chi connectivity index (χ3v) is 9.57. The molecular weight excluding hydrogens is 556 g/mol. The van der Waals surface area contributed by atoms with Crippen molar-refractivity contribution in [3.05, 3.63) is 48.1 Å². The average molecular weight is 639 g/mol. The van der Waals surface area contributed by atoms with E-state index in [0.29, 0.717) is 5.92 Å². The van der Waals surface area contributed by atoms with Gasteiger partial charge in [0.05, 0.1) is 0 Å². The molecule has 0 aliphatic carbocycles. The maximum absolute atomic E-state index is 11.6. The van der Waals surface area contributed by atoms with Gasteiger partial charge < -0.3 is 4.79 Å². The van der Waals surface area contributed by atoms with Gasteiger partial charge in [0.1, 0.15) is 6.29 Å². The van der Waals surface area contributed by atoms with E-state index in [9.17, 15) is 4.79 Å². The van der Waals surface area contributed by atoms with Gasteiger partial charge in [0.2, 0.25) is 0 Å². The van der Waals surface area contributed by atoms with Crippen LogP contribution in [-0.2, 0) is 4.79 Å². The Morgan fingerprint density at radius 2 is 0.891 bits per heavy atom. The lowest BCUT2D eigenvalue weighted by Gasteiger charge is -2.10. The van der Waals surface area contributed by atoms with Crippen molar-refractivity contribution >= 4 is 6.29 Å². The van der Waals surface area contributed by atoms with E-state index in [2.05, 4.69) is 63.3 Å². The molecule has 0 saturated heterocycles. The summed E-state index contributed by atoms with van der Waals surface area (Å²) in [6.45, 7) is 6.78. The van der Waals surface area contributed by atoms with Crippen molar-refractivity contribution in [1.29, 1.82) is 0 Å². The minimum Gasteiger partial charge on any atom is -0.303 e. The topological polar surface area (TPSA) is 17.1 Å². The molecular formula is C45H82O. The number of allylic oxidation sites excluding steroid dienone is 8. The number of carbonyl (C=O) groups is 1. The highest BCUT2D eigenvalue weighted by atomic mass is 16.1. The van der Waals surface area contributed by atoms with Crippen LogP contribution in [0.15, 0.2) is 48.1 Å². The Kier molecular flexibility index (Phi) is 38.6. The molecule has 0 saturated carbocycles. The Hall–Kier alpha value is -1.37. The SMILES string of the molecule is CC/C=C\C=C/CCCCCCC(C=O)CCCCCCCC/C=C(/C=C/CCCCCCCCCCCCC)CCCCCC. The van der Waals surface area contributed by atoms with E-state index in [-0.39, 0.29) is 0 Å². The van der Waals surface area contributed by atoms with Gasteiger partial charge in [-0.25, -0.2) is 0 Å². The molecule has 1 unspecified atom stereocenters. The van der Waals surface area contributed by atoms with E-state index >= 15 is 0 Å². The van der Waals surface area contributed by atoms with Crippen molar-refractivity contribution in [2.75, 3.05) is 0 Å². The summed E-state index contributed by atoms with van der Waals surface area (Å²) in [6, 6.07) is 0. The van der Waals surface area contributed by atoms with Crippen LogP contribution in [0.5, 0.6) is 0 Å². The third-order valence-electron chi connectivity index (χ3n) is 9.57. The van der Waals surface area contributed by atoms with Crippen molar-refractivity contribution in [2.24, 2.45) is 5.92 Å². The molecule has 0 aromatic heterocycles. The van der Waals surface area contributed by atoms with Gasteiger partial charge in [-0.3, -0.25) is 0 Å². The largest absolute Gasteiger partial charge is 0.303 e. The fraction of sp³-hybridized carbons (Fsp3) is 0.800. The number of hydrogen-bond donors (Lipinski definition) is 0. The van der Waals surface area contributed by atoms with Crippen molar-refractivity contribution in [2.45, 2.75) is 226 Å². The van der Waals surface area contributed by atoms with Crippen LogP contribution in [0.1, 0.15) is 226 Å². The molecule has 0 bridgehead atoms. The Balaban J connectivity index is 3.94. The molecule has 0 spiro atoms. The molecule has 1 nitrogen and oxygen atoms in total. The van der Waals surface area contributed by atoms with Crippen molar-refractivity contribution in [3.8, 4) is 0 Å². The van der Waals surface area contributed by atoms with Crippen molar-refractivity contribution in [3.63, 3.8) is 0 Å². The second-order valence-corrected chi connectivity index (χ2v) is 14.2. The van der Waals surface area contributed by atoms with Crippen LogP contribution in [-0.4, -0.2) is 6.29 Å². The molecule has 0 fully saturated rings. The smallest absolute Gasteiger partial charge is 0.123 e. The van der Waals surface area contributed by atoms with Crippen LogP contribution in [0, 0.1) is 5.92 Å². The highest BCUT2D eigenvalue weighted by Gasteiger charge is 2.06. The van der Waals surface area contributed by atoms with Crippen molar-refractivity contribution in [1.82, 2.24) is 0 Å². The Morgan fingerprint density at radius 3 is 1.41 bits per heavy atom. The molecule has 1 atom stereocenters. The van der Waals surface area contributed by atoms with Gasteiger partial charge in [0.15, 0.2) is 0 Å². The Labute approximate surface area is 290 Å². The van der Waals surface area contributed by atoms with Crippen LogP contribution in [0.4, 0.5) is 0 Å². The Morgan fingerprint density at radius 1 is 0.457 bits per heavy atom. The molecule has 0 radical (unpaired) electrons. The second-order valence-electron chi connectivity index (χ2n) is 14.2. The number of hydrogen-bond acceptors (Lipinski definition) is 1. The van der Waals surface area contributed by atoms with Gasteiger partial charge in [-0.2, -0.15) is 0 Å². The summed E-state index contributed by atoms with van der Waals surface area (Å²) in [6.07, 6.45) is 59.8. The molecule has 0 amide bonds. The number of unbranched alkanes of at least 4 members (excludes halogenated alkanes) is 24. The minimum atomic E-state index is 0.294. The summed E-state index contributed by atoms with van der Waals surface area (Å²) in [7, 11) is 0. The van der Waals surface area contributed by atoms with Crippen LogP contribution in [0.25, 0.3) is 0 Å². The highest BCUT2D eigenvalue weighted by Crippen LogP contribution is 2.19. The van der Waals surface area contributed by atoms with Gasteiger partial charge >= 0.3 is 0 Å². The van der Waals surface area contributed by atoms with E-state index in [4.69, 9.17) is 0 Å². The standard InChI is InChI=1S/C45H82O/c1-4-7-10-13-15-17-19-20-21-23-25-29-34-39-44(38-33-12-9-6-3)40-35-30-27-24-28-32-37-42-45(43-46)41-36-31-26-22-18-16-14-11-8-5-2/h8,11,14,16,34,39-40,43,45H,4-7,9-10,12-13,15,17-33,35-38,41-42H2,1-3H3/b11-8-,16-14-,39-34+,44-40+. The lowest BCUT2D eigenvalue weighted by atomic mass is 9.95. The molecule has 0 aromatic carbocycles. The summed E-state index contributed by atoms with van der Waals surface area (Å²) in [5.41, 5.74) is 1.59. The summed E-state index contributed by atoms with van der Waals surface area (Å²) in [4.78, 5) is 11.6. The molecule has 0 rings (SSSR count). The quantitative estimate of drug-likeness (QED) is 0.0376. The van der Waals surface area contributed by atoms with Crippen molar-refractivity contribution < 1.29 is 4.79 Å². The molecule has 0 aliphatic rings. The van der Waals surface area contributed by atoms with Gasteiger partial charge in [-0.15, -0.1) is 0 Å². The summed E-state index contributed by atoms with van der Waals surface area (Å²) in [5, 5.41) is 0. The van der Waals surface area contributed by atoms with Crippen LogP contribution >= 0.6 is 0 Å². The fourth-order valence-electron chi connectivity index (χ4n) is 6.41. The molecule has 268 valence electrons. The predicted octanol–water partition coefficient (Wildman–Crippen LogP) is 15.9. The normalized spacial score (nSPS) is 13.2. The van der Waals surface area contributed by atoms with E-state index in [1.54, 1.807) is 5.57 Å². The van der Waals surface area contributed by atoms with E-state index in [0.717, 1.165) is 19.3 Å². The van der Waals surface area contributed by atoms with Crippen LogP contribution < -0.4 is 0 Å². The first-order chi connectivity index (χ1) is 22.8. The first-order valence-corrected chi connectivity index (χ1v) is 20.9. The molecule has 0 aromatic rings. The van der Waals surface area contributed by atoms with Crippen LogP contribution in [0.2, 0.25) is 0 Å². The molecule has 1 heteroatoms. The molecule has 46 heavy (non-hydrogen) atoms. The number of rotatable bonds is 37. The van der Waals surface area contributed by atoms with Gasteiger partial charge in [-0.05, 0) is 70.6 Å². The highest BCUT2D eigenvalue weighted by molar-refractivity contribution is 5.53. The first-order valence-electron chi connectivity index (χ1n) is 20.9. The summed E-state index contributed by atoms with van der Waals surface area (Å²) >= 11 is 0. The first kappa shape index (κ1) is 44.6. The zero-order chi connectivity index (χ0) is 33.4. The average Bonchev–Trinajstić information content (AvgIpc) is 3.07. The van der Waals surface area contributed by atoms with Gasteiger partial charge in [-0.1, -0.05) is 204 Å². The maximum Gasteiger partial charge on any atom is 0.123 e. The zero-order valence-corrected chi connectivity index (χ0v) is 31.7. The monoisotopic (exact) mass is 639 g/mol. The van der Waals surface area contributed by atoms with E-state index in [1.165, 1.54) is 192 Å². The Bertz CT molecular complexity index is 711. The lowest BCUT2D eigenvalue weighted by Crippen LogP contribution is -2.02. The van der Waals surface area contributed by atoms with E-state index < -0.39 is 0 Å². The van der Waals surface area contributed by atoms with E-state index in [1.807, 2.05) is 0 Å². The van der Waals surface area contributed by atoms with Crippen LogP contribution in [0.3, 0.4) is 0 Å². The zero-order valence-electron chi connectivity index (χ0n) is 31.7. The minimum absolute atomic E-state index is 0.294. The molecule has 0 aliphatic heterocycles. The number of carbonyl (C=O) groups excluding carboxylic acids is 1.